The van der Waals surface area contributed by atoms with Crippen LogP contribution in [-0.2, 0) is 13.3 Å². The molecule has 0 fully saturated rings. The summed E-state index contributed by atoms with van der Waals surface area (Å²) < 4.78 is 21.0. The topological polar surface area (TPSA) is 30.9 Å². The molecular formula is C16H37NO3Si. The number of nitrogens with zero attached hydrogens (tertiary/aromatic N) is 1. The Labute approximate surface area is 133 Å². The third-order valence-corrected chi connectivity index (χ3v) is 6.61. The van der Waals surface area contributed by atoms with Gasteiger partial charge in [0.05, 0.1) is 0 Å². The predicted octanol–water partition coefficient (Wildman–Crippen LogP) is 4.21. The van der Waals surface area contributed by atoms with Crippen molar-refractivity contribution in [1.82, 2.24) is 4.57 Å². The van der Waals surface area contributed by atoms with Gasteiger partial charge in [0.1, 0.15) is 0 Å². The van der Waals surface area contributed by atoms with Gasteiger partial charge in [0.15, 0.2) is 0 Å². The molecule has 0 radical (unpaired) electrons. The second-order valence-corrected chi connectivity index (χ2v) is 7.85. The fourth-order valence-electron chi connectivity index (χ4n) is 2.05. The Bertz CT molecular complexity index is 199. The quantitative estimate of drug-likeness (QED) is 0.334. The third-order valence-electron chi connectivity index (χ3n) is 3.50. The molecule has 0 N–H and O–H groups in total. The Morgan fingerprint density at radius 2 is 0.952 bits per heavy atom. The van der Waals surface area contributed by atoms with E-state index in [4.69, 9.17) is 13.3 Å². The van der Waals surface area contributed by atoms with E-state index in [-0.39, 0.29) is 0 Å². The van der Waals surface area contributed by atoms with Crippen molar-refractivity contribution in [3.63, 3.8) is 0 Å². The van der Waals surface area contributed by atoms with Crippen molar-refractivity contribution in [3.8, 4) is 0 Å². The van der Waals surface area contributed by atoms with Crippen LogP contribution in [0.25, 0.3) is 0 Å². The van der Waals surface area contributed by atoms with Gasteiger partial charge in [-0.05, 0) is 32.4 Å². The van der Waals surface area contributed by atoms with Crippen LogP contribution in [0.2, 0.25) is 0 Å². The van der Waals surface area contributed by atoms with Gasteiger partial charge in [0.2, 0.25) is 0 Å². The van der Waals surface area contributed by atoms with Crippen LogP contribution in [0.5, 0.6) is 0 Å². The molecule has 0 saturated carbocycles. The minimum Gasteiger partial charge on any atom is -0.361 e. The van der Waals surface area contributed by atoms with Gasteiger partial charge in [0.25, 0.3) is 0 Å². The van der Waals surface area contributed by atoms with Crippen LogP contribution in [0, 0.1) is 0 Å². The second kappa shape index (κ2) is 13.7. The fourth-order valence-corrected chi connectivity index (χ4v) is 4.83. The SMILES string of the molecule is CCCCO[Si](OCCCC)(OCCCC)N(CC)CC. The predicted molar refractivity (Wildman–Crippen MR) is 91.3 cm³/mol. The molecule has 21 heavy (non-hydrogen) atoms. The highest BCUT2D eigenvalue weighted by atomic mass is 28.4. The molecule has 0 aliphatic heterocycles. The van der Waals surface area contributed by atoms with E-state index in [9.17, 15) is 0 Å². The summed E-state index contributed by atoms with van der Waals surface area (Å²) in [6, 6.07) is 0. The summed E-state index contributed by atoms with van der Waals surface area (Å²) in [5.74, 6) is 0. The van der Waals surface area contributed by atoms with E-state index in [0.717, 1.165) is 71.4 Å². The standard InChI is InChI=1S/C16H37NO3Si/c1-6-11-14-18-21(17(9-4)10-5,19-15-12-7-2)20-16-13-8-3/h6-16H2,1-5H3. The van der Waals surface area contributed by atoms with E-state index in [2.05, 4.69) is 39.2 Å². The molecule has 0 rings (SSSR count). The van der Waals surface area contributed by atoms with Crippen LogP contribution in [0.1, 0.15) is 73.1 Å². The molecule has 4 nitrogen and oxygen atoms in total. The molecule has 0 spiro atoms. The summed E-state index contributed by atoms with van der Waals surface area (Å²) in [6.45, 7) is 14.9. The molecule has 0 aromatic rings. The molecule has 0 atom stereocenters. The number of hydrogen-bond donors (Lipinski definition) is 0. The number of hydrogen-bond acceptors (Lipinski definition) is 4. The van der Waals surface area contributed by atoms with E-state index in [1.807, 2.05) is 0 Å². The lowest BCUT2D eigenvalue weighted by Crippen LogP contribution is -2.61. The third kappa shape index (κ3) is 8.31. The lowest BCUT2D eigenvalue weighted by Gasteiger charge is -2.37. The van der Waals surface area contributed by atoms with E-state index in [0.29, 0.717) is 0 Å². The average Bonchev–Trinajstić information content (AvgIpc) is 2.49. The van der Waals surface area contributed by atoms with Gasteiger partial charge >= 0.3 is 8.97 Å². The largest absolute Gasteiger partial charge is 0.599 e. The monoisotopic (exact) mass is 319 g/mol. The minimum atomic E-state index is -2.70. The van der Waals surface area contributed by atoms with Gasteiger partial charge in [-0.3, -0.25) is 4.57 Å². The molecule has 0 saturated heterocycles. The summed E-state index contributed by atoms with van der Waals surface area (Å²) in [5.41, 5.74) is 0. The van der Waals surface area contributed by atoms with Crippen LogP contribution in [0.15, 0.2) is 0 Å². The zero-order chi connectivity index (χ0) is 16.0. The van der Waals surface area contributed by atoms with Gasteiger partial charge in [-0.15, -0.1) is 0 Å². The second-order valence-electron chi connectivity index (χ2n) is 5.30. The fraction of sp³-hybridized carbons (Fsp3) is 1.00. The first-order chi connectivity index (χ1) is 10.2. The Morgan fingerprint density at radius 1 is 0.619 bits per heavy atom. The lowest BCUT2D eigenvalue weighted by molar-refractivity contribution is 0.00784. The molecule has 0 unspecified atom stereocenters. The van der Waals surface area contributed by atoms with E-state index >= 15 is 0 Å². The Hall–Kier alpha value is 0.0569. The summed E-state index contributed by atoms with van der Waals surface area (Å²) in [6.07, 6.45) is 6.57. The first-order valence-corrected chi connectivity index (χ1v) is 10.5. The Kier molecular flexibility index (Phi) is 13.7. The van der Waals surface area contributed by atoms with Crippen molar-refractivity contribution in [2.45, 2.75) is 73.1 Å². The average molecular weight is 320 g/mol. The molecule has 128 valence electrons. The van der Waals surface area contributed by atoms with Gasteiger partial charge in [-0.2, -0.15) is 0 Å². The molecule has 0 bridgehead atoms. The molecular weight excluding hydrogens is 282 g/mol. The van der Waals surface area contributed by atoms with Gasteiger partial charge < -0.3 is 13.3 Å². The van der Waals surface area contributed by atoms with Crippen LogP contribution < -0.4 is 0 Å². The van der Waals surface area contributed by atoms with Crippen LogP contribution in [-0.4, -0.2) is 46.4 Å². The lowest BCUT2D eigenvalue weighted by atomic mass is 10.4. The molecule has 5 heteroatoms. The van der Waals surface area contributed by atoms with E-state index < -0.39 is 8.97 Å². The van der Waals surface area contributed by atoms with Crippen LogP contribution in [0.4, 0.5) is 0 Å². The normalized spacial score (nSPS) is 12.3. The maximum absolute atomic E-state index is 6.23. The molecule has 0 heterocycles. The van der Waals surface area contributed by atoms with Gasteiger partial charge in [0, 0.05) is 19.8 Å². The first-order valence-electron chi connectivity index (χ1n) is 8.87. The van der Waals surface area contributed by atoms with Crippen molar-refractivity contribution in [3.05, 3.63) is 0 Å². The number of unbranched alkanes of at least 4 members (excludes halogenated alkanes) is 3. The summed E-state index contributed by atoms with van der Waals surface area (Å²) in [5, 5.41) is 0. The smallest absolute Gasteiger partial charge is 0.361 e. The van der Waals surface area contributed by atoms with Crippen molar-refractivity contribution in [2.24, 2.45) is 0 Å². The maximum atomic E-state index is 6.23. The van der Waals surface area contributed by atoms with Crippen molar-refractivity contribution >= 4 is 8.97 Å². The molecule has 0 amide bonds. The first kappa shape index (κ1) is 21.1. The highest BCUT2D eigenvalue weighted by molar-refractivity contribution is 6.57. The molecule has 0 aliphatic rings. The van der Waals surface area contributed by atoms with E-state index in [1.165, 1.54) is 0 Å². The van der Waals surface area contributed by atoms with E-state index in [1.54, 1.807) is 0 Å². The zero-order valence-corrected chi connectivity index (χ0v) is 16.0. The summed E-state index contributed by atoms with van der Waals surface area (Å²) >= 11 is 0. The maximum Gasteiger partial charge on any atom is 0.599 e. The molecule has 0 aliphatic carbocycles. The van der Waals surface area contributed by atoms with Crippen molar-refractivity contribution in [2.75, 3.05) is 32.9 Å². The van der Waals surface area contributed by atoms with Crippen LogP contribution in [0.3, 0.4) is 0 Å². The Morgan fingerprint density at radius 3 is 1.19 bits per heavy atom. The van der Waals surface area contributed by atoms with Gasteiger partial charge in [-0.25, -0.2) is 0 Å². The van der Waals surface area contributed by atoms with Crippen molar-refractivity contribution < 1.29 is 13.3 Å². The summed E-state index contributed by atoms with van der Waals surface area (Å²) in [7, 11) is -2.70. The van der Waals surface area contributed by atoms with Gasteiger partial charge in [-0.1, -0.05) is 53.9 Å². The zero-order valence-electron chi connectivity index (χ0n) is 15.0. The molecule has 0 aromatic heterocycles. The summed E-state index contributed by atoms with van der Waals surface area (Å²) in [4.78, 5) is 0. The molecule has 0 aromatic carbocycles. The highest BCUT2D eigenvalue weighted by Gasteiger charge is 2.47. The minimum absolute atomic E-state index is 0.734. The Balaban J connectivity index is 4.85. The highest BCUT2D eigenvalue weighted by Crippen LogP contribution is 2.18. The van der Waals surface area contributed by atoms with Crippen LogP contribution >= 0.6 is 0 Å². The number of rotatable bonds is 15. The van der Waals surface area contributed by atoms with Crippen molar-refractivity contribution in [1.29, 1.82) is 0 Å².